The van der Waals surface area contributed by atoms with Gasteiger partial charge in [0.1, 0.15) is 11.5 Å². The van der Waals surface area contributed by atoms with Crippen LogP contribution < -0.4 is 14.8 Å². The highest BCUT2D eigenvalue weighted by Gasteiger charge is 2.20. The highest BCUT2D eigenvalue weighted by atomic mass is 32.2. The van der Waals surface area contributed by atoms with Crippen LogP contribution in [0.5, 0.6) is 11.5 Å². The lowest BCUT2D eigenvalue weighted by molar-refractivity contribution is 0.0563. The zero-order valence-electron chi connectivity index (χ0n) is 40.6. The van der Waals surface area contributed by atoms with Crippen molar-refractivity contribution in [3.63, 3.8) is 0 Å². The van der Waals surface area contributed by atoms with Gasteiger partial charge in [-0.25, -0.2) is 0 Å². The van der Waals surface area contributed by atoms with Crippen LogP contribution in [0.1, 0.15) is 115 Å². The number of thioether (sulfide) groups is 1. The maximum atomic E-state index is 5.28. The van der Waals surface area contributed by atoms with Gasteiger partial charge in [0.2, 0.25) is 0 Å². The van der Waals surface area contributed by atoms with Crippen molar-refractivity contribution in [1.29, 1.82) is 0 Å². The van der Waals surface area contributed by atoms with Gasteiger partial charge in [-0.05, 0) is 154 Å². The fourth-order valence-electron chi connectivity index (χ4n) is 7.00. The highest BCUT2D eigenvalue weighted by Crippen LogP contribution is 2.27. The Morgan fingerprint density at radius 3 is 1.38 bits per heavy atom. The van der Waals surface area contributed by atoms with E-state index in [1.165, 1.54) is 97.3 Å². The summed E-state index contributed by atoms with van der Waals surface area (Å²) in [6.45, 7) is 16.8. The van der Waals surface area contributed by atoms with E-state index in [1.54, 1.807) is 33.1 Å². The second kappa shape index (κ2) is 36.0. The molecule has 2 fully saturated rings. The summed E-state index contributed by atoms with van der Waals surface area (Å²) in [5, 5.41) is 3.08. The fourth-order valence-corrected chi connectivity index (χ4v) is 7.40. The summed E-state index contributed by atoms with van der Waals surface area (Å²) >= 11 is 1.79. The first-order valence-corrected chi connectivity index (χ1v) is 24.3. The van der Waals surface area contributed by atoms with E-state index in [0.717, 1.165) is 49.6 Å². The largest absolute Gasteiger partial charge is 0.497 e. The monoisotopic (exact) mass is 859 g/mol. The molecule has 2 aliphatic rings. The van der Waals surface area contributed by atoms with Crippen molar-refractivity contribution in [2.24, 2.45) is 5.92 Å². The molecule has 0 spiro atoms. The van der Waals surface area contributed by atoms with E-state index in [9.17, 15) is 0 Å². The van der Waals surface area contributed by atoms with Gasteiger partial charge in [-0.15, -0.1) is 11.8 Å². The molecule has 0 radical (unpaired) electrons. The van der Waals surface area contributed by atoms with Crippen LogP contribution in [-0.2, 0) is 35.2 Å². The van der Waals surface area contributed by atoms with E-state index in [0.29, 0.717) is 12.2 Å². The second-order valence-electron chi connectivity index (χ2n) is 15.5. The summed E-state index contributed by atoms with van der Waals surface area (Å²) in [5.74, 6) is 2.86. The van der Waals surface area contributed by atoms with Crippen molar-refractivity contribution in [1.82, 2.24) is 4.90 Å². The normalized spacial score (nSPS) is 16.6. The second-order valence-corrected chi connectivity index (χ2v) is 16.4. The van der Waals surface area contributed by atoms with Crippen molar-refractivity contribution in [2.45, 2.75) is 136 Å². The Morgan fingerprint density at radius 2 is 1.02 bits per heavy atom. The van der Waals surface area contributed by atoms with Gasteiger partial charge >= 0.3 is 0 Å². The predicted molar refractivity (Wildman–Crippen MR) is 268 cm³/mol. The van der Waals surface area contributed by atoms with Gasteiger partial charge in [0.25, 0.3) is 0 Å². The third kappa shape index (κ3) is 25.3. The van der Waals surface area contributed by atoms with Gasteiger partial charge in [0.15, 0.2) is 0 Å². The number of nitrogens with one attached hydrogen (secondary N) is 1. The van der Waals surface area contributed by atoms with E-state index in [-0.39, 0.29) is 0 Å². The maximum absolute atomic E-state index is 5.28. The third-order valence-electron chi connectivity index (χ3n) is 11.3. The lowest BCUT2D eigenvalue weighted by Gasteiger charge is -2.26. The molecule has 1 N–H and O–H groups in total. The summed E-state index contributed by atoms with van der Waals surface area (Å²) < 4.78 is 20.6. The average molecular weight is 859 g/mol. The molecule has 6 nitrogen and oxygen atoms in total. The smallest absolute Gasteiger partial charge is 0.118 e. The van der Waals surface area contributed by atoms with Crippen molar-refractivity contribution in [3.05, 3.63) is 119 Å². The van der Waals surface area contributed by atoms with E-state index >= 15 is 0 Å². The molecular weight excluding hydrogens is 773 g/mol. The molecule has 4 aromatic rings. The Labute approximate surface area is 378 Å². The molecule has 7 heteroatoms. The van der Waals surface area contributed by atoms with Crippen LogP contribution in [0.3, 0.4) is 0 Å². The molecule has 4 aromatic carbocycles. The van der Waals surface area contributed by atoms with Crippen LogP contribution in [0.15, 0.2) is 102 Å². The number of benzene rings is 4. The van der Waals surface area contributed by atoms with E-state index in [4.69, 9.17) is 18.9 Å². The molecule has 0 bridgehead atoms. The molecule has 1 aliphatic heterocycles. The molecule has 1 unspecified atom stereocenters. The molecule has 0 amide bonds. The Kier molecular flexibility index (Phi) is 32.8. The van der Waals surface area contributed by atoms with Crippen LogP contribution in [0.2, 0.25) is 0 Å². The van der Waals surface area contributed by atoms with Crippen molar-refractivity contribution in [2.75, 3.05) is 66.7 Å². The molecule has 1 atom stereocenters. The number of hydrogen-bond acceptors (Lipinski definition) is 7. The minimum atomic E-state index is 0.506. The topological polar surface area (TPSA) is 52.2 Å². The first kappa shape index (κ1) is 55.5. The standard InChI is InChI=1S/C10H14O.C9H13N.C9H18O.C9H12O.C9H12S.C8H17NO/c1-3-4-9-5-7-10(11-2)8-6-9;4*1-3-8-4-6-9(10-2)7-5-8;1-3-5-9-6-4-8(7-9)10-2/h5-8H,3-4H2,1-2H3;4-7,10H,3H2,1-2H3;8-9H,3-7H2,1-2H3;2*4-7H,3H2,1-2H3;8H,3-7H2,1-2H3. The zero-order chi connectivity index (χ0) is 45.1. The Balaban J connectivity index is 0.000000366. The van der Waals surface area contributed by atoms with E-state index in [2.05, 4.69) is 131 Å². The SMILES string of the molecule is CCC1CCC(OC)CC1.CCCN1CCC(OC)C1.CCCc1ccc(OC)cc1.CCc1ccc(NC)cc1.CCc1ccc(OC)cc1.CCc1ccc(SC)cc1. The van der Waals surface area contributed by atoms with Gasteiger partial charge in [-0.2, -0.15) is 0 Å². The summed E-state index contributed by atoms with van der Waals surface area (Å²) in [6.07, 6.45) is 18.0. The Morgan fingerprint density at radius 1 is 0.557 bits per heavy atom. The number of aryl methyl sites for hydroxylation is 4. The predicted octanol–water partition coefficient (Wildman–Crippen LogP) is 13.9. The van der Waals surface area contributed by atoms with Crippen LogP contribution in [0, 0.1) is 5.92 Å². The Hall–Kier alpha value is -3.49. The molecule has 1 aliphatic carbocycles. The van der Waals surface area contributed by atoms with Gasteiger partial charge in [0.05, 0.1) is 26.4 Å². The molecule has 342 valence electrons. The van der Waals surface area contributed by atoms with Crippen molar-refractivity contribution in [3.8, 4) is 11.5 Å². The number of nitrogens with zero attached hydrogens (tertiary/aromatic N) is 1. The third-order valence-corrected chi connectivity index (χ3v) is 12.0. The minimum absolute atomic E-state index is 0.506. The fraction of sp³-hybridized carbons (Fsp3) is 0.556. The summed E-state index contributed by atoms with van der Waals surface area (Å²) in [5.41, 5.74) is 6.71. The van der Waals surface area contributed by atoms with Crippen molar-refractivity contribution >= 4 is 17.4 Å². The van der Waals surface area contributed by atoms with Gasteiger partial charge in [0, 0.05) is 44.9 Å². The van der Waals surface area contributed by atoms with Crippen LogP contribution in [0.25, 0.3) is 0 Å². The summed E-state index contributed by atoms with van der Waals surface area (Å²) in [6, 6.07) is 33.6. The summed E-state index contributed by atoms with van der Waals surface area (Å²) in [4.78, 5) is 3.81. The van der Waals surface area contributed by atoms with E-state index < -0.39 is 0 Å². The number of likely N-dealkylation sites (tertiary alicyclic amines) is 1. The quantitative estimate of drug-likeness (QED) is 0.127. The molecule has 1 heterocycles. The molecule has 0 aromatic heterocycles. The first-order chi connectivity index (χ1) is 29.7. The average Bonchev–Trinajstić information content (AvgIpc) is 3.81. The van der Waals surface area contributed by atoms with Gasteiger partial charge in [-0.3, -0.25) is 0 Å². The molecular formula is C54H86N2O4S. The Bertz CT molecular complexity index is 1360. The highest BCUT2D eigenvalue weighted by molar-refractivity contribution is 7.98. The molecule has 61 heavy (non-hydrogen) atoms. The van der Waals surface area contributed by atoms with Gasteiger partial charge in [-0.1, -0.05) is 103 Å². The number of methoxy groups -OCH3 is 4. The van der Waals surface area contributed by atoms with Gasteiger partial charge < -0.3 is 29.2 Å². The minimum Gasteiger partial charge on any atom is -0.497 e. The van der Waals surface area contributed by atoms with Crippen molar-refractivity contribution < 1.29 is 18.9 Å². The molecule has 6 rings (SSSR count). The van der Waals surface area contributed by atoms with Crippen LogP contribution in [0.4, 0.5) is 5.69 Å². The molecule has 1 saturated carbocycles. The maximum Gasteiger partial charge on any atom is 0.118 e. The zero-order valence-corrected chi connectivity index (χ0v) is 41.4. The number of rotatable bonds is 14. The number of ether oxygens (including phenoxy) is 4. The lowest BCUT2D eigenvalue weighted by Crippen LogP contribution is -2.23. The van der Waals surface area contributed by atoms with Crippen LogP contribution >= 0.6 is 11.8 Å². The van der Waals surface area contributed by atoms with E-state index in [1.807, 2.05) is 38.4 Å². The lowest BCUT2D eigenvalue weighted by atomic mass is 9.86. The molecule has 1 saturated heterocycles. The van der Waals surface area contributed by atoms with Crippen LogP contribution in [-0.4, -0.2) is 78.5 Å². The first-order valence-electron chi connectivity index (χ1n) is 23.1. The summed E-state index contributed by atoms with van der Waals surface area (Å²) in [7, 11) is 8.94. The number of hydrogen-bond donors (Lipinski definition) is 1. The number of anilines is 1.